The van der Waals surface area contributed by atoms with Crippen LogP contribution in [-0.2, 0) is 16.0 Å². The van der Waals surface area contributed by atoms with Gasteiger partial charge in [-0.15, -0.1) is 0 Å². The Hall–Kier alpha value is -2.30. The molecule has 122 valence electrons. The monoisotopic (exact) mass is 314 g/mol. The quantitative estimate of drug-likeness (QED) is 0.867. The molecule has 1 atom stereocenters. The van der Waals surface area contributed by atoms with Crippen LogP contribution in [0.15, 0.2) is 30.4 Å². The van der Waals surface area contributed by atoms with Crippen molar-refractivity contribution in [3.05, 3.63) is 35.9 Å². The number of hydrogen-bond donors (Lipinski definition) is 1. The number of anilines is 2. The van der Waals surface area contributed by atoms with Gasteiger partial charge < -0.3 is 14.9 Å². The molecule has 0 aromatic heterocycles. The zero-order valence-corrected chi connectivity index (χ0v) is 13.4. The van der Waals surface area contributed by atoms with Crippen LogP contribution in [0.4, 0.5) is 11.4 Å². The number of carboxylic acids is 1. The Morgan fingerprint density at radius 2 is 2.22 bits per heavy atom. The Balaban J connectivity index is 1.82. The Morgan fingerprint density at radius 3 is 2.91 bits per heavy atom. The number of carbonyl (C=O) groups excluding carboxylic acids is 1. The van der Waals surface area contributed by atoms with Gasteiger partial charge in [-0.3, -0.25) is 9.59 Å². The zero-order chi connectivity index (χ0) is 16.6. The number of piperidine rings is 1. The lowest BCUT2D eigenvalue weighted by molar-refractivity contribution is -0.142. The molecule has 1 aromatic rings. The van der Waals surface area contributed by atoms with Gasteiger partial charge >= 0.3 is 5.97 Å². The standard InChI is InChI=1S/C18H22N2O3/c1-12(2)10-20-16-6-5-15(8-14(16)9-17(20)21)19-7-3-4-13(11-19)18(22)23/h5-6,8,13H,1,3-4,7,9-11H2,2H3,(H,22,23). The molecule has 0 bridgehead atoms. The van der Waals surface area contributed by atoms with Gasteiger partial charge in [-0.05, 0) is 43.5 Å². The molecule has 3 rings (SSSR count). The van der Waals surface area contributed by atoms with Gasteiger partial charge in [0.2, 0.25) is 5.91 Å². The molecule has 1 amide bonds. The highest BCUT2D eigenvalue weighted by molar-refractivity contribution is 6.02. The highest BCUT2D eigenvalue weighted by Crippen LogP contribution is 2.34. The molecule has 5 nitrogen and oxygen atoms in total. The molecule has 1 unspecified atom stereocenters. The van der Waals surface area contributed by atoms with E-state index in [2.05, 4.69) is 11.5 Å². The molecular formula is C18H22N2O3. The molecule has 0 saturated carbocycles. The van der Waals surface area contributed by atoms with Crippen molar-refractivity contribution in [1.82, 2.24) is 0 Å². The molecular weight excluding hydrogens is 292 g/mol. The van der Waals surface area contributed by atoms with Gasteiger partial charge in [-0.1, -0.05) is 12.2 Å². The van der Waals surface area contributed by atoms with Crippen molar-refractivity contribution >= 4 is 23.3 Å². The van der Waals surface area contributed by atoms with Crippen LogP contribution in [0.5, 0.6) is 0 Å². The van der Waals surface area contributed by atoms with Crippen molar-refractivity contribution in [3.63, 3.8) is 0 Å². The highest BCUT2D eigenvalue weighted by atomic mass is 16.4. The van der Waals surface area contributed by atoms with E-state index >= 15 is 0 Å². The van der Waals surface area contributed by atoms with Gasteiger partial charge in [0.15, 0.2) is 0 Å². The lowest BCUT2D eigenvalue weighted by atomic mass is 9.97. The molecule has 2 heterocycles. The van der Waals surface area contributed by atoms with E-state index in [4.69, 9.17) is 0 Å². The molecule has 23 heavy (non-hydrogen) atoms. The van der Waals surface area contributed by atoms with Crippen LogP contribution in [0.2, 0.25) is 0 Å². The average Bonchev–Trinajstić information content (AvgIpc) is 2.82. The summed E-state index contributed by atoms with van der Waals surface area (Å²) in [5.74, 6) is -0.931. The number of aliphatic carboxylic acids is 1. The zero-order valence-electron chi connectivity index (χ0n) is 13.4. The lowest BCUT2D eigenvalue weighted by Crippen LogP contribution is -2.38. The van der Waals surface area contributed by atoms with E-state index in [1.807, 2.05) is 25.1 Å². The molecule has 0 spiro atoms. The van der Waals surface area contributed by atoms with E-state index in [9.17, 15) is 14.7 Å². The summed E-state index contributed by atoms with van der Waals surface area (Å²) in [4.78, 5) is 27.3. The third-order valence-corrected chi connectivity index (χ3v) is 4.56. The predicted octanol–water partition coefficient (Wildman–Crippen LogP) is 2.45. The summed E-state index contributed by atoms with van der Waals surface area (Å²) >= 11 is 0. The number of benzene rings is 1. The van der Waals surface area contributed by atoms with E-state index in [0.29, 0.717) is 19.5 Å². The number of fused-ring (bicyclic) bond motifs is 1. The first kappa shape index (κ1) is 15.6. The number of carboxylic acid groups (broad SMARTS) is 1. The summed E-state index contributed by atoms with van der Waals surface area (Å²) < 4.78 is 0. The molecule has 0 radical (unpaired) electrons. The second kappa shape index (κ2) is 6.07. The molecule has 1 fully saturated rings. The Bertz CT molecular complexity index is 668. The normalized spacial score (nSPS) is 20.6. The van der Waals surface area contributed by atoms with Crippen LogP contribution in [-0.4, -0.2) is 36.6 Å². The molecule has 2 aliphatic heterocycles. The van der Waals surface area contributed by atoms with Crippen LogP contribution >= 0.6 is 0 Å². The number of nitrogens with zero attached hydrogens (tertiary/aromatic N) is 2. The summed E-state index contributed by atoms with van der Waals surface area (Å²) in [5, 5.41) is 9.22. The fraction of sp³-hybridized carbons (Fsp3) is 0.444. The van der Waals surface area contributed by atoms with Crippen molar-refractivity contribution in [2.45, 2.75) is 26.2 Å². The minimum atomic E-state index is -0.723. The first-order chi connectivity index (χ1) is 11.0. The topological polar surface area (TPSA) is 60.9 Å². The van der Waals surface area contributed by atoms with Gasteiger partial charge in [0.1, 0.15) is 0 Å². The Kier molecular flexibility index (Phi) is 4.11. The number of carbonyl (C=O) groups is 2. The summed E-state index contributed by atoms with van der Waals surface area (Å²) in [6.07, 6.45) is 2.03. The lowest BCUT2D eigenvalue weighted by Gasteiger charge is -2.33. The summed E-state index contributed by atoms with van der Waals surface area (Å²) in [6, 6.07) is 6.01. The van der Waals surface area contributed by atoms with Crippen LogP contribution in [0.25, 0.3) is 0 Å². The number of hydrogen-bond acceptors (Lipinski definition) is 3. The van der Waals surface area contributed by atoms with Crippen molar-refractivity contribution in [3.8, 4) is 0 Å². The average molecular weight is 314 g/mol. The van der Waals surface area contributed by atoms with Crippen LogP contribution < -0.4 is 9.80 Å². The largest absolute Gasteiger partial charge is 0.481 e. The fourth-order valence-corrected chi connectivity index (χ4v) is 3.42. The smallest absolute Gasteiger partial charge is 0.308 e. The third-order valence-electron chi connectivity index (χ3n) is 4.56. The SMILES string of the molecule is C=C(C)CN1C(=O)Cc2cc(N3CCCC(C(=O)O)C3)ccc21. The summed E-state index contributed by atoms with van der Waals surface area (Å²) in [7, 11) is 0. The molecule has 5 heteroatoms. The van der Waals surface area contributed by atoms with Crippen molar-refractivity contribution < 1.29 is 14.7 Å². The van der Waals surface area contributed by atoms with Crippen LogP contribution in [0, 0.1) is 5.92 Å². The second-order valence-electron chi connectivity index (χ2n) is 6.55. The first-order valence-corrected chi connectivity index (χ1v) is 8.01. The van der Waals surface area contributed by atoms with Crippen molar-refractivity contribution in [1.29, 1.82) is 0 Å². The molecule has 1 N–H and O–H groups in total. The van der Waals surface area contributed by atoms with Gasteiger partial charge in [0.05, 0.1) is 12.3 Å². The van der Waals surface area contributed by atoms with E-state index in [1.165, 1.54) is 0 Å². The van der Waals surface area contributed by atoms with E-state index in [-0.39, 0.29) is 11.8 Å². The van der Waals surface area contributed by atoms with Crippen LogP contribution in [0.3, 0.4) is 0 Å². The maximum Gasteiger partial charge on any atom is 0.308 e. The van der Waals surface area contributed by atoms with Crippen molar-refractivity contribution in [2.24, 2.45) is 5.92 Å². The fourth-order valence-electron chi connectivity index (χ4n) is 3.42. The van der Waals surface area contributed by atoms with E-state index < -0.39 is 5.97 Å². The Labute approximate surface area is 136 Å². The van der Waals surface area contributed by atoms with Crippen molar-refractivity contribution in [2.75, 3.05) is 29.4 Å². The molecule has 1 saturated heterocycles. The minimum Gasteiger partial charge on any atom is -0.481 e. The predicted molar refractivity (Wildman–Crippen MR) is 89.9 cm³/mol. The van der Waals surface area contributed by atoms with Crippen LogP contribution in [0.1, 0.15) is 25.3 Å². The maximum atomic E-state index is 12.2. The maximum absolute atomic E-state index is 12.2. The van der Waals surface area contributed by atoms with Gasteiger partial charge in [-0.2, -0.15) is 0 Å². The molecule has 0 aliphatic carbocycles. The second-order valence-corrected chi connectivity index (χ2v) is 6.55. The summed E-state index contributed by atoms with van der Waals surface area (Å²) in [6.45, 7) is 7.76. The van der Waals surface area contributed by atoms with E-state index in [1.54, 1.807) is 4.90 Å². The van der Waals surface area contributed by atoms with Gasteiger partial charge in [0.25, 0.3) is 0 Å². The third kappa shape index (κ3) is 3.09. The Morgan fingerprint density at radius 1 is 1.43 bits per heavy atom. The summed E-state index contributed by atoms with van der Waals surface area (Å²) in [5.41, 5.74) is 3.94. The number of rotatable bonds is 4. The van der Waals surface area contributed by atoms with E-state index in [0.717, 1.165) is 41.9 Å². The highest BCUT2D eigenvalue weighted by Gasteiger charge is 2.29. The minimum absolute atomic E-state index is 0.0993. The first-order valence-electron chi connectivity index (χ1n) is 8.01. The molecule has 1 aromatic carbocycles. The number of amides is 1. The van der Waals surface area contributed by atoms with Gasteiger partial charge in [0, 0.05) is 31.0 Å². The van der Waals surface area contributed by atoms with Gasteiger partial charge in [-0.25, -0.2) is 0 Å². The molecule has 2 aliphatic rings.